The molecule has 2 aromatic carbocycles. The lowest BCUT2D eigenvalue weighted by atomic mass is 10.2. The second-order valence-corrected chi connectivity index (χ2v) is 4.37. The maximum Gasteiger partial charge on any atom is 0.440 e. The average molecular weight is 300 g/mol. The Labute approximate surface area is 128 Å². The van der Waals surface area contributed by atoms with Gasteiger partial charge in [-0.1, -0.05) is 48.5 Å². The Morgan fingerprint density at radius 3 is 2.18 bits per heavy atom. The number of ether oxygens (including phenoxy) is 1. The van der Waals surface area contributed by atoms with Gasteiger partial charge in [0, 0.05) is 5.69 Å². The first-order valence-corrected chi connectivity index (χ1v) is 6.62. The zero-order valence-corrected chi connectivity index (χ0v) is 12.1. The molecule has 1 N–H and O–H groups in total. The van der Waals surface area contributed by atoms with Crippen LogP contribution in [-0.4, -0.2) is 19.3 Å². The Morgan fingerprint density at radius 2 is 1.59 bits per heavy atom. The molecule has 0 radical (unpaired) electrons. The predicted molar refractivity (Wildman–Crippen MR) is 81.1 cm³/mol. The number of anilines is 1. The molecule has 0 atom stereocenters. The standard InChI is InChI=1S/C16H16N2O4/c1-21-15(19)17-22-16(20)18(14-10-6-3-7-11-14)12-13-8-4-2-5-9-13/h2-11H,12H2,1H3,(H,17,19). The van der Waals surface area contributed by atoms with Crippen LogP contribution in [-0.2, 0) is 16.1 Å². The molecule has 2 amide bonds. The van der Waals surface area contributed by atoms with Gasteiger partial charge in [-0.2, -0.15) is 0 Å². The van der Waals surface area contributed by atoms with Crippen LogP contribution in [0, 0.1) is 0 Å². The zero-order chi connectivity index (χ0) is 15.8. The number of rotatable bonds is 3. The quantitative estimate of drug-likeness (QED) is 0.884. The highest BCUT2D eigenvalue weighted by molar-refractivity contribution is 5.88. The summed E-state index contributed by atoms with van der Waals surface area (Å²) in [5.41, 5.74) is 3.50. The molecule has 0 spiro atoms. The molecule has 0 aliphatic heterocycles. The molecule has 0 unspecified atom stereocenters. The average Bonchev–Trinajstić information content (AvgIpc) is 2.59. The van der Waals surface area contributed by atoms with Crippen LogP contribution in [0.4, 0.5) is 15.3 Å². The van der Waals surface area contributed by atoms with E-state index in [1.165, 1.54) is 12.0 Å². The maximum atomic E-state index is 12.2. The van der Waals surface area contributed by atoms with Gasteiger partial charge in [0.25, 0.3) is 0 Å². The molecular weight excluding hydrogens is 284 g/mol. The van der Waals surface area contributed by atoms with Gasteiger partial charge >= 0.3 is 12.2 Å². The number of carbonyl (C=O) groups is 2. The Kier molecular flexibility index (Phi) is 5.37. The van der Waals surface area contributed by atoms with Crippen LogP contribution in [0.15, 0.2) is 60.7 Å². The monoisotopic (exact) mass is 300 g/mol. The summed E-state index contributed by atoms with van der Waals surface area (Å²) in [6.45, 7) is 0.312. The van der Waals surface area contributed by atoms with Crippen molar-refractivity contribution in [3.05, 3.63) is 66.2 Å². The molecule has 0 aromatic heterocycles. The van der Waals surface area contributed by atoms with Crippen LogP contribution in [0.1, 0.15) is 5.56 Å². The molecule has 2 aromatic rings. The van der Waals surface area contributed by atoms with E-state index in [0.29, 0.717) is 12.2 Å². The molecule has 0 bridgehead atoms. The Bertz CT molecular complexity index is 617. The number of amides is 2. The molecule has 6 nitrogen and oxygen atoms in total. The van der Waals surface area contributed by atoms with Crippen molar-refractivity contribution in [2.45, 2.75) is 6.54 Å². The van der Waals surface area contributed by atoms with Gasteiger partial charge in [0.05, 0.1) is 13.7 Å². The molecule has 6 heteroatoms. The summed E-state index contributed by atoms with van der Waals surface area (Å²) < 4.78 is 4.36. The smallest absolute Gasteiger partial charge is 0.440 e. The van der Waals surface area contributed by atoms with Crippen LogP contribution in [0.3, 0.4) is 0 Å². The van der Waals surface area contributed by atoms with E-state index in [4.69, 9.17) is 4.84 Å². The van der Waals surface area contributed by atoms with Gasteiger partial charge in [0.2, 0.25) is 0 Å². The van der Waals surface area contributed by atoms with Crippen molar-refractivity contribution >= 4 is 17.9 Å². The minimum absolute atomic E-state index is 0.312. The second kappa shape index (κ2) is 7.68. The lowest BCUT2D eigenvalue weighted by Gasteiger charge is -2.21. The second-order valence-electron chi connectivity index (χ2n) is 4.37. The maximum absolute atomic E-state index is 12.2. The summed E-state index contributed by atoms with van der Waals surface area (Å²) in [5, 5.41) is 0. The number of nitrogens with one attached hydrogen (secondary N) is 1. The van der Waals surface area contributed by atoms with E-state index in [-0.39, 0.29) is 0 Å². The van der Waals surface area contributed by atoms with Gasteiger partial charge in [-0.05, 0) is 17.7 Å². The van der Waals surface area contributed by atoms with Gasteiger partial charge < -0.3 is 9.57 Å². The topological polar surface area (TPSA) is 67.9 Å². The highest BCUT2D eigenvalue weighted by Crippen LogP contribution is 2.17. The number of benzene rings is 2. The van der Waals surface area contributed by atoms with Gasteiger partial charge in [-0.25, -0.2) is 9.59 Å². The van der Waals surface area contributed by atoms with E-state index >= 15 is 0 Å². The highest BCUT2D eigenvalue weighted by Gasteiger charge is 2.19. The van der Waals surface area contributed by atoms with Crippen LogP contribution in [0.5, 0.6) is 0 Å². The van der Waals surface area contributed by atoms with E-state index in [1.54, 1.807) is 12.1 Å². The van der Waals surface area contributed by atoms with E-state index < -0.39 is 12.2 Å². The summed E-state index contributed by atoms with van der Waals surface area (Å²) in [6, 6.07) is 18.5. The van der Waals surface area contributed by atoms with Crippen LogP contribution < -0.4 is 10.4 Å². The highest BCUT2D eigenvalue weighted by atomic mass is 16.7. The fraction of sp³-hybridized carbons (Fsp3) is 0.125. The summed E-state index contributed by atoms with van der Waals surface area (Å²) >= 11 is 0. The first-order valence-electron chi connectivity index (χ1n) is 6.62. The van der Waals surface area contributed by atoms with Crippen LogP contribution in [0.25, 0.3) is 0 Å². The lowest BCUT2D eigenvalue weighted by molar-refractivity contribution is 0.0767. The van der Waals surface area contributed by atoms with Gasteiger partial charge in [-0.3, -0.25) is 4.90 Å². The largest absolute Gasteiger partial charge is 0.451 e. The lowest BCUT2D eigenvalue weighted by Crippen LogP contribution is -2.37. The summed E-state index contributed by atoms with van der Waals surface area (Å²) in [5.74, 6) is 0. The first-order chi connectivity index (χ1) is 10.7. The van der Waals surface area contributed by atoms with Crippen molar-refractivity contribution in [2.24, 2.45) is 0 Å². The Morgan fingerprint density at radius 1 is 1.00 bits per heavy atom. The summed E-state index contributed by atoms with van der Waals surface area (Å²) in [4.78, 5) is 29.4. The van der Waals surface area contributed by atoms with Crippen molar-refractivity contribution in [1.29, 1.82) is 0 Å². The molecule has 0 fully saturated rings. The molecule has 0 saturated heterocycles. The van der Waals surface area contributed by atoms with Crippen molar-refractivity contribution in [1.82, 2.24) is 5.48 Å². The molecule has 114 valence electrons. The van der Waals surface area contributed by atoms with E-state index in [9.17, 15) is 9.59 Å². The third-order valence-electron chi connectivity index (χ3n) is 2.88. The number of nitrogens with zero attached hydrogens (tertiary/aromatic N) is 1. The molecule has 2 rings (SSSR count). The Balaban J connectivity index is 2.15. The number of methoxy groups -OCH3 is 1. The fourth-order valence-electron chi connectivity index (χ4n) is 1.82. The normalized spacial score (nSPS) is 9.68. The van der Waals surface area contributed by atoms with E-state index in [1.807, 2.05) is 54.0 Å². The first kappa shape index (κ1) is 15.4. The minimum Gasteiger partial charge on any atom is -0.451 e. The summed E-state index contributed by atoms with van der Waals surface area (Å²) in [7, 11) is 1.18. The van der Waals surface area contributed by atoms with Crippen molar-refractivity contribution in [3.63, 3.8) is 0 Å². The Hall–Kier alpha value is -3.02. The number of hydrogen-bond donors (Lipinski definition) is 1. The molecule has 0 saturated carbocycles. The molecule has 0 heterocycles. The van der Waals surface area contributed by atoms with Gasteiger partial charge in [-0.15, -0.1) is 5.48 Å². The summed E-state index contributed by atoms with van der Waals surface area (Å²) in [6.07, 6.45) is -1.55. The number of carbonyl (C=O) groups excluding carboxylic acids is 2. The third-order valence-corrected chi connectivity index (χ3v) is 2.88. The van der Waals surface area contributed by atoms with E-state index in [0.717, 1.165) is 5.56 Å². The SMILES string of the molecule is COC(=O)NOC(=O)N(Cc1ccccc1)c1ccccc1. The third kappa shape index (κ3) is 4.24. The van der Waals surface area contributed by atoms with E-state index in [2.05, 4.69) is 4.74 Å². The fourth-order valence-corrected chi connectivity index (χ4v) is 1.82. The molecule has 0 aliphatic rings. The number of para-hydroxylation sites is 1. The van der Waals surface area contributed by atoms with Crippen LogP contribution >= 0.6 is 0 Å². The minimum atomic E-state index is -0.846. The van der Waals surface area contributed by atoms with Crippen molar-refractivity contribution < 1.29 is 19.2 Å². The zero-order valence-electron chi connectivity index (χ0n) is 12.1. The predicted octanol–water partition coefficient (Wildman–Crippen LogP) is 3.10. The number of hydrogen-bond acceptors (Lipinski definition) is 4. The van der Waals surface area contributed by atoms with Gasteiger partial charge in [0.15, 0.2) is 0 Å². The molecular formula is C16H16N2O4. The molecule has 22 heavy (non-hydrogen) atoms. The number of hydroxylamine groups is 1. The van der Waals surface area contributed by atoms with Crippen molar-refractivity contribution in [3.8, 4) is 0 Å². The molecule has 0 aliphatic carbocycles. The van der Waals surface area contributed by atoms with Gasteiger partial charge in [0.1, 0.15) is 0 Å². The van der Waals surface area contributed by atoms with Crippen LogP contribution in [0.2, 0.25) is 0 Å². The van der Waals surface area contributed by atoms with Crippen molar-refractivity contribution in [2.75, 3.05) is 12.0 Å².